The number of rotatable bonds is 3. The number of carbonyl (C=O) groups excluding carboxylic acids is 1. The summed E-state index contributed by atoms with van der Waals surface area (Å²) in [6.07, 6.45) is 3.63. The number of nitrogens with one attached hydrogen (secondary N) is 1. The lowest BCUT2D eigenvalue weighted by molar-refractivity contribution is -0.127. The largest absolute Gasteiger partial charge is 0.329 e. The van der Waals surface area contributed by atoms with E-state index in [0.717, 1.165) is 25.7 Å². The van der Waals surface area contributed by atoms with Crippen molar-refractivity contribution >= 4 is 46.4 Å². The number of carbonyl (C=O) groups is 1. The van der Waals surface area contributed by atoms with Gasteiger partial charge in [0.1, 0.15) is 0 Å². The second-order valence-electron chi connectivity index (χ2n) is 5.87. The summed E-state index contributed by atoms with van der Waals surface area (Å²) >= 11 is 18.0. The zero-order valence-electron chi connectivity index (χ0n) is 11.9. The van der Waals surface area contributed by atoms with Crippen LogP contribution in [0.2, 0.25) is 15.1 Å². The molecule has 3 nitrogen and oxygen atoms in total. The third-order valence-corrected chi connectivity index (χ3v) is 5.40. The van der Waals surface area contributed by atoms with Crippen molar-refractivity contribution in [2.45, 2.75) is 32.6 Å². The molecule has 0 saturated heterocycles. The molecular weight excluding hydrogens is 331 g/mol. The molecule has 6 heteroatoms. The van der Waals surface area contributed by atoms with E-state index in [-0.39, 0.29) is 5.91 Å². The van der Waals surface area contributed by atoms with Crippen molar-refractivity contribution in [1.29, 1.82) is 0 Å². The van der Waals surface area contributed by atoms with Crippen LogP contribution in [0.25, 0.3) is 0 Å². The molecule has 1 saturated carbocycles. The Bertz CT molecular complexity index is 540. The van der Waals surface area contributed by atoms with Crippen LogP contribution >= 0.6 is 34.8 Å². The van der Waals surface area contributed by atoms with Crippen LogP contribution in [0.4, 0.5) is 5.69 Å². The molecule has 1 fully saturated rings. The highest BCUT2D eigenvalue weighted by Gasteiger charge is 2.40. The molecule has 1 aromatic rings. The summed E-state index contributed by atoms with van der Waals surface area (Å²) in [6, 6.07) is 3.10. The Labute approximate surface area is 140 Å². The Kier molecular flexibility index (Phi) is 5.42. The van der Waals surface area contributed by atoms with E-state index in [9.17, 15) is 4.79 Å². The van der Waals surface area contributed by atoms with Gasteiger partial charge < -0.3 is 11.1 Å². The highest BCUT2D eigenvalue weighted by Crippen LogP contribution is 2.40. The second kappa shape index (κ2) is 6.74. The van der Waals surface area contributed by atoms with Crippen LogP contribution < -0.4 is 11.1 Å². The maximum atomic E-state index is 12.6. The smallest absolute Gasteiger partial charge is 0.231 e. The molecule has 0 bridgehead atoms. The quantitative estimate of drug-likeness (QED) is 0.774. The molecule has 2 rings (SSSR count). The maximum Gasteiger partial charge on any atom is 0.231 e. The molecule has 116 valence electrons. The number of nitrogens with two attached hydrogens (primary N) is 1. The molecule has 1 aliphatic carbocycles. The van der Waals surface area contributed by atoms with Crippen molar-refractivity contribution < 1.29 is 4.79 Å². The number of halogens is 3. The minimum atomic E-state index is -0.512. The van der Waals surface area contributed by atoms with Gasteiger partial charge in [-0.2, -0.15) is 0 Å². The minimum Gasteiger partial charge on any atom is -0.329 e. The number of amides is 1. The van der Waals surface area contributed by atoms with Crippen molar-refractivity contribution in [2.75, 3.05) is 11.9 Å². The number of hydrogen-bond acceptors (Lipinski definition) is 2. The molecule has 0 radical (unpaired) electrons. The van der Waals surface area contributed by atoms with Gasteiger partial charge in [-0.3, -0.25) is 4.79 Å². The van der Waals surface area contributed by atoms with Gasteiger partial charge in [-0.25, -0.2) is 0 Å². The van der Waals surface area contributed by atoms with Crippen LogP contribution in [0, 0.1) is 11.3 Å². The van der Waals surface area contributed by atoms with E-state index < -0.39 is 5.41 Å². The summed E-state index contributed by atoms with van der Waals surface area (Å²) in [7, 11) is 0. The van der Waals surface area contributed by atoms with E-state index in [1.54, 1.807) is 6.07 Å². The highest BCUT2D eigenvalue weighted by molar-refractivity contribution is 6.44. The second-order valence-corrected chi connectivity index (χ2v) is 7.09. The molecule has 21 heavy (non-hydrogen) atoms. The van der Waals surface area contributed by atoms with Crippen LogP contribution in [0.15, 0.2) is 12.1 Å². The summed E-state index contributed by atoms with van der Waals surface area (Å²) in [5.41, 5.74) is 5.85. The summed E-state index contributed by atoms with van der Waals surface area (Å²) in [5, 5.41) is 3.95. The van der Waals surface area contributed by atoms with Gasteiger partial charge in [0.2, 0.25) is 5.91 Å². The van der Waals surface area contributed by atoms with Gasteiger partial charge in [-0.1, -0.05) is 41.7 Å². The van der Waals surface area contributed by atoms with Gasteiger partial charge in [0.05, 0.1) is 26.2 Å². The fourth-order valence-corrected chi connectivity index (χ4v) is 3.31. The zero-order valence-corrected chi connectivity index (χ0v) is 14.2. The van der Waals surface area contributed by atoms with Gasteiger partial charge >= 0.3 is 0 Å². The lowest BCUT2D eigenvalue weighted by Crippen LogP contribution is -2.44. The van der Waals surface area contributed by atoms with Gasteiger partial charge in [-0.15, -0.1) is 0 Å². The van der Waals surface area contributed by atoms with Crippen LogP contribution in [0.3, 0.4) is 0 Å². The normalized spacial score (nSPS) is 25.7. The maximum absolute atomic E-state index is 12.6. The molecule has 1 aromatic carbocycles. The molecule has 1 amide bonds. The minimum absolute atomic E-state index is 0.0859. The van der Waals surface area contributed by atoms with Crippen LogP contribution in [0.1, 0.15) is 32.6 Å². The Hall–Kier alpha value is -0.480. The molecule has 0 aromatic heterocycles. The molecule has 0 spiro atoms. The van der Waals surface area contributed by atoms with E-state index in [2.05, 4.69) is 12.2 Å². The van der Waals surface area contributed by atoms with Gasteiger partial charge in [-0.05, 0) is 43.7 Å². The zero-order chi connectivity index (χ0) is 15.6. The van der Waals surface area contributed by atoms with Crippen molar-refractivity contribution in [3.63, 3.8) is 0 Å². The molecule has 1 aliphatic rings. The van der Waals surface area contributed by atoms with E-state index in [1.807, 2.05) is 0 Å². The standard InChI is InChI=1S/C15H19Cl3N2O/c1-9-2-4-15(8-19,5-3-9)14(21)20-13-7-11(17)10(16)6-12(13)18/h6-7,9H,2-5,8,19H2,1H3,(H,20,21). The van der Waals surface area contributed by atoms with Gasteiger partial charge in [0.15, 0.2) is 0 Å². The third-order valence-electron chi connectivity index (χ3n) is 4.36. The predicted molar refractivity (Wildman–Crippen MR) is 89.2 cm³/mol. The van der Waals surface area contributed by atoms with Crippen molar-refractivity contribution in [2.24, 2.45) is 17.1 Å². The van der Waals surface area contributed by atoms with E-state index in [4.69, 9.17) is 40.5 Å². The molecular formula is C15H19Cl3N2O. The first-order valence-electron chi connectivity index (χ1n) is 7.04. The average Bonchev–Trinajstić information content (AvgIpc) is 2.46. The van der Waals surface area contributed by atoms with E-state index >= 15 is 0 Å². The van der Waals surface area contributed by atoms with E-state index in [0.29, 0.717) is 33.2 Å². The molecule has 3 N–H and O–H groups in total. The number of anilines is 1. The fraction of sp³-hybridized carbons (Fsp3) is 0.533. The Morgan fingerprint density at radius 3 is 2.38 bits per heavy atom. The lowest BCUT2D eigenvalue weighted by atomic mass is 9.70. The van der Waals surface area contributed by atoms with Gasteiger partial charge in [0.25, 0.3) is 0 Å². The van der Waals surface area contributed by atoms with Crippen molar-refractivity contribution in [1.82, 2.24) is 0 Å². The SMILES string of the molecule is CC1CCC(CN)(C(=O)Nc2cc(Cl)c(Cl)cc2Cl)CC1. The monoisotopic (exact) mass is 348 g/mol. The summed E-state index contributed by atoms with van der Waals surface area (Å²) in [5.74, 6) is 0.559. The average molecular weight is 350 g/mol. The van der Waals surface area contributed by atoms with Crippen LogP contribution in [-0.4, -0.2) is 12.5 Å². The predicted octanol–water partition coefficient (Wildman–Crippen LogP) is 4.74. The number of benzene rings is 1. The summed E-state index contributed by atoms with van der Waals surface area (Å²) in [4.78, 5) is 12.6. The topological polar surface area (TPSA) is 55.1 Å². The number of hydrogen-bond donors (Lipinski definition) is 2. The molecule has 0 heterocycles. The van der Waals surface area contributed by atoms with Crippen molar-refractivity contribution in [3.05, 3.63) is 27.2 Å². The van der Waals surface area contributed by atoms with E-state index in [1.165, 1.54) is 6.07 Å². The van der Waals surface area contributed by atoms with Crippen molar-refractivity contribution in [3.8, 4) is 0 Å². The lowest BCUT2D eigenvalue weighted by Gasteiger charge is -2.37. The molecule has 0 unspecified atom stereocenters. The highest BCUT2D eigenvalue weighted by atomic mass is 35.5. The van der Waals surface area contributed by atoms with Gasteiger partial charge in [0, 0.05) is 6.54 Å². The first-order chi connectivity index (χ1) is 9.88. The third kappa shape index (κ3) is 3.65. The van der Waals surface area contributed by atoms with Crippen LogP contribution in [-0.2, 0) is 4.79 Å². The first-order valence-corrected chi connectivity index (χ1v) is 8.17. The Balaban J connectivity index is 2.18. The Morgan fingerprint density at radius 1 is 1.24 bits per heavy atom. The summed E-state index contributed by atoms with van der Waals surface area (Å²) in [6.45, 7) is 2.54. The summed E-state index contributed by atoms with van der Waals surface area (Å²) < 4.78 is 0. The molecule has 0 aliphatic heterocycles. The fourth-order valence-electron chi connectivity index (χ4n) is 2.71. The molecule has 0 atom stereocenters. The van der Waals surface area contributed by atoms with Crippen LogP contribution in [0.5, 0.6) is 0 Å². The Morgan fingerprint density at radius 2 is 1.81 bits per heavy atom. The first kappa shape index (κ1) is 16.9.